The number of nitrogen functional groups attached to an aromatic ring is 1. The molecule has 0 radical (unpaired) electrons. The van der Waals surface area contributed by atoms with E-state index in [4.69, 9.17) is 28.9 Å². The van der Waals surface area contributed by atoms with Gasteiger partial charge in [-0.2, -0.15) is 0 Å². The normalized spacial score (nSPS) is 14.2. The lowest BCUT2D eigenvalue weighted by molar-refractivity contribution is -0.113. The minimum atomic E-state index is -0.798. The van der Waals surface area contributed by atoms with E-state index in [2.05, 4.69) is 51.5 Å². The quantitative estimate of drug-likeness (QED) is 0.238. The van der Waals surface area contributed by atoms with Crippen LogP contribution in [0, 0.1) is 5.92 Å². The average Bonchev–Trinajstić information content (AvgIpc) is 2.83. The fraction of sp³-hybridized carbons (Fsp3) is 0.520. The molecule has 192 valence electrons. The second-order valence-electron chi connectivity index (χ2n) is 8.74. The molecule has 8 nitrogen and oxygen atoms in total. The Morgan fingerprint density at radius 2 is 1.74 bits per heavy atom. The number of likely N-dealkylation sites (tertiary alicyclic amines) is 1. The molecule has 0 atom stereocenters. The Kier molecular flexibility index (Phi) is 12.4. The molecular formula is C25H36Cl2N6O2. The summed E-state index contributed by atoms with van der Waals surface area (Å²) in [7, 11) is 0. The van der Waals surface area contributed by atoms with E-state index in [0.717, 1.165) is 43.9 Å². The highest BCUT2D eigenvalue weighted by atomic mass is 35.5. The molecule has 0 saturated carbocycles. The largest absolute Gasteiger partial charge is 0.382 e. The minimum Gasteiger partial charge on any atom is -0.382 e. The van der Waals surface area contributed by atoms with Gasteiger partial charge in [-0.3, -0.25) is 14.5 Å². The highest BCUT2D eigenvalue weighted by Gasteiger charge is 2.20. The summed E-state index contributed by atoms with van der Waals surface area (Å²) >= 11 is 11.8. The first-order chi connectivity index (χ1) is 16.7. The monoisotopic (exact) mass is 522 g/mol. The number of hydrogen-bond donors (Lipinski definition) is 3. The molecule has 1 aromatic carbocycles. The van der Waals surface area contributed by atoms with Gasteiger partial charge in [-0.1, -0.05) is 49.2 Å². The molecule has 0 spiro atoms. The van der Waals surface area contributed by atoms with Gasteiger partial charge in [0.05, 0.1) is 0 Å². The minimum absolute atomic E-state index is 0.0132. The number of anilines is 2. The molecule has 1 aliphatic rings. The first kappa shape index (κ1) is 29.0. The van der Waals surface area contributed by atoms with Gasteiger partial charge in [0.15, 0.2) is 22.5 Å². The second kappa shape index (κ2) is 15.0. The lowest BCUT2D eigenvalue weighted by Gasteiger charge is -2.30. The zero-order valence-corrected chi connectivity index (χ0v) is 22.3. The zero-order valence-electron chi connectivity index (χ0n) is 20.7. The van der Waals surface area contributed by atoms with Crippen molar-refractivity contribution in [3.63, 3.8) is 0 Å². The lowest BCUT2D eigenvalue weighted by Crippen LogP contribution is -2.32. The first-order valence-electron chi connectivity index (χ1n) is 12.0. The second-order valence-corrected chi connectivity index (χ2v) is 9.54. The number of ketones is 2. The van der Waals surface area contributed by atoms with Crippen LogP contribution in [0.15, 0.2) is 24.3 Å². The number of piperidine rings is 1. The summed E-state index contributed by atoms with van der Waals surface area (Å²) in [6, 6.07) is 8.20. The summed E-state index contributed by atoms with van der Waals surface area (Å²) in [5.41, 5.74) is 6.78. The van der Waals surface area contributed by atoms with Gasteiger partial charge in [0, 0.05) is 31.6 Å². The Bertz CT molecular complexity index is 963. The van der Waals surface area contributed by atoms with Gasteiger partial charge in [0.2, 0.25) is 11.6 Å². The number of benzene rings is 1. The summed E-state index contributed by atoms with van der Waals surface area (Å²) < 4.78 is 0. The Labute approximate surface area is 218 Å². The molecule has 0 aliphatic carbocycles. The average molecular weight is 524 g/mol. The van der Waals surface area contributed by atoms with Crippen LogP contribution in [0.1, 0.15) is 56.1 Å². The van der Waals surface area contributed by atoms with Crippen molar-refractivity contribution in [1.82, 2.24) is 20.2 Å². The SMILES string of the molecule is CC1CCN(Cc2ccc(Cl)cc2)CC1.CCCNCCNc1nc(N)c(C(=O)C(C)=O)nc1Cl. The molecule has 4 N–H and O–H groups in total. The van der Waals surface area contributed by atoms with Crippen molar-refractivity contribution in [3.8, 4) is 0 Å². The number of carbonyl (C=O) groups excluding carboxylic acids is 2. The van der Waals surface area contributed by atoms with Gasteiger partial charge in [0.1, 0.15) is 0 Å². The molecule has 10 heteroatoms. The molecule has 1 fully saturated rings. The molecule has 2 heterocycles. The van der Waals surface area contributed by atoms with Gasteiger partial charge in [0.25, 0.3) is 0 Å². The van der Waals surface area contributed by atoms with Crippen LogP contribution in [0.2, 0.25) is 10.2 Å². The third kappa shape index (κ3) is 10.1. The summed E-state index contributed by atoms with van der Waals surface area (Å²) in [5.74, 6) is -0.368. The third-order valence-corrected chi connectivity index (χ3v) is 6.15. The van der Waals surface area contributed by atoms with Gasteiger partial charge >= 0.3 is 0 Å². The number of aromatic nitrogens is 2. The molecule has 0 bridgehead atoms. The number of halogens is 2. The summed E-state index contributed by atoms with van der Waals surface area (Å²) in [6.07, 6.45) is 3.73. The van der Waals surface area contributed by atoms with E-state index in [1.165, 1.54) is 31.5 Å². The maximum atomic E-state index is 11.5. The highest BCUT2D eigenvalue weighted by Crippen LogP contribution is 2.21. The zero-order chi connectivity index (χ0) is 25.8. The van der Waals surface area contributed by atoms with E-state index in [9.17, 15) is 9.59 Å². The van der Waals surface area contributed by atoms with E-state index in [1.807, 2.05) is 12.1 Å². The third-order valence-electron chi connectivity index (χ3n) is 5.63. The van der Waals surface area contributed by atoms with Crippen molar-refractivity contribution in [2.75, 3.05) is 43.8 Å². The molecule has 2 aromatic rings. The topological polar surface area (TPSA) is 113 Å². The predicted molar refractivity (Wildman–Crippen MR) is 143 cm³/mol. The number of Topliss-reactive ketones (excluding diaryl/α,β-unsaturated/α-hetero) is 2. The fourth-order valence-electron chi connectivity index (χ4n) is 3.51. The molecule has 1 aromatic heterocycles. The molecule has 1 saturated heterocycles. The van der Waals surface area contributed by atoms with Gasteiger partial charge in [-0.25, -0.2) is 9.97 Å². The summed E-state index contributed by atoms with van der Waals surface area (Å²) in [6.45, 7) is 11.4. The smallest absolute Gasteiger partial charge is 0.250 e. The van der Waals surface area contributed by atoms with Crippen molar-refractivity contribution < 1.29 is 9.59 Å². The number of nitrogens with zero attached hydrogens (tertiary/aromatic N) is 3. The van der Waals surface area contributed by atoms with Crippen molar-refractivity contribution in [1.29, 1.82) is 0 Å². The molecular weight excluding hydrogens is 487 g/mol. The van der Waals surface area contributed by atoms with Crippen molar-refractivity contribution in [2.24, 2.45) is 5.92 Å². The summed E-state index contributed by atoms with van der Waals surface area (Å²) in [4.78, 5) is 32.9. The van der Waals surface area contributed by atoms with E-state index in [-0.39, 0.29) is 16.7 Å². The van der Waals surface area contributed by atoms with Gasteiger partial charge < -0.3 is 16.4 Å². The Balaban J connectivity index is 0.000000256. The Morgan fingerprint density at radius 3 is 2.34 bits per heavy atom. The van der Waals surface area contributed by atoms with Gasteiger partial charge in [-0.15, -0.1) is 0 Å². The van der Waals surface area contributed by atoms with E-state index in [0.29, 0.717) is 12.4 Å². The first-order valence-corrected chi connectivity index (χ1v) is 12.8. The van der Waals surface area contributed by atoms with Crippen LogP contribution in [0.3, 0.4) is 0 Å². The van der Waals surface area contributed by atoms with E-state index < -0.39 is 11.6 Å². The number of nitrogens with two attached hydrogens (primary N) is 1. The standard InChI is InChI=1S/C13H18ClN.C12H18ClN5O2/c1-11-6-8-15(9-7-11)10-12-2-4-13(14)5-3-12;1-3-4-15-5-6-16-12-10(13)17-8(11(14)18-12)9(20)7(2)19/h2-5,11H,6-10H2,1H3;15H,3-6H2,1-2H3,(H3,14,16,18). The van der Waals surface area contributed by atoms with Crippen molar-refractivity contribution in [2.45, 2.75) is 46.6 Å². The van der Waals surface area contributed by atoms with Crippen molar-refractivity contribution in [3.05, 3.63) is 45.7 Å². The van der Waals surface area contributed by atoms with Crippen LogP contribution in [0.4, 0.5) is 11.6 Å². The summed E-state index contributed by atoms with van der Waals surface area (Å²) in [5, 5.41) is 7.00. The van der Waals surface area contributed by atoms with Crippen molar-refractivity contribution >= 4 is 46.4 Å². The van der Waals surface area contributed by atoms with Crippen LogP contribution >= 0.6 is 23.2 Å². The Hall–Kier alpha value is -2.26. The molecule has 0 amide bonds. The molecule has 35 heavy (non-hydrogen) atoms. The maximum absolute atomic E-state index is 11.5. The predicted octanol–water partition coefficient (Wildman–Crippen LogP) is 4.47. The van der Waals surface area contributed by atoms with Crippen LogP contribution in [-0.2, 0) is 11.3 Å². The maximum Gasteiger partial charge on any atom is 0.250 e. The fourth-order valence-corrected chi connectivity index (χ4v) is 3.83. The van der Waals surface area contributed by atoms with Crippen LogP contribution in [0.5, 0.6) is 0 Å². The Morgan fingerprint density at radius 1 is 1.09 bits per heavy atom. The number of carbonyl (C=O) groups is 2. The van der Waals surface area contributed by atoms with E-state index in [1.54, 1.807) is 0 Å². The number of hydrogen-bond acceptors (Lipinski definition) is 8. The number of nitrogens with one attached hydrogen (secondary N) is 2. The van der Waals surface area contributed by atoms with Crippen LogP contribution < -0.4 is 16.4 Å². The lowest BCUT2D eigenvalue weighted by atomic mass is 9.99. The number of rotatable bonds is 10. The van der Waals surface area contributed by atoms with Gasteiger partial charge in [-0.05, 0) is 62.5 Å². The van der Waals surface area contributed by atoms with Crippen LogP contribution in [-0.4, -0.2) is 59.2 Å². The molecule has 1 aliphatic heterocycles. The van der Waals surface area contributed by atoms with Crippen LogP contribution in [0.25, 0.3) is 0 Å². The highest BCUT2D eigenvalue weighted by molar-refractivity contribution is 6.43. The molecule has 0 unspecified atom stereocenters. The van der Waals surface area contributed by atoms with E-state index >= 15 is 0 Å². The molecule has 3 rings (SSSR count).